The predicted molar refractivity (Wildman–Crippen MR) is 108 cm³/mol. The second-order valence-electron chi connectivity index (χ2n) is 6.71. The topological polar surface area (TPSA) is 34.4 Å². The minimum atomic E-state index is -0.153. The van der Waals surface area contributed by atoms with Crippen LogP contribution in [0.1, 0.15) is 27.8 Å². The molecule has 0 atom stereocenters. The van der Waals surface area contributed by atoms with Crippen LogP contribution in [0.15, 0.2) is 35.3 Å². The maximum absolute atomic E-state index is 12.5. The molecule has 0 aliphatic heterocycles. The number of rotatable bonds is 3. The van der Waals surface area contributed by atoms with Crippen LogP contribution in [0.25, 0.3) is 10.2 Å². The number of carbonyl (C=O) groups is 1. The quantitative estimate of drug-likeness (QED) is 0.642. The fourth-order valence-electron chi connectivity index (χ4n) is 3.08. The van der Waals surface area contributed by atoms with Gasteiger partial charge < -0.3 is 4.57 Å². The molecule has 2 aromatic carbocycles. The van der Waals surface area contributed by atoms with Crippen molar-refractivity contribution >= 4 is 27.5 Å². The van der Waals surface area contributed by atoms with E-state index in [9.17, 15) is 4.79 Å². The molecule has 0 fully saturated rings. The fourth-order valence-corrected chi connectivity index (χ4v) is 4.17. The molecule has 0 aliphatic rings. The molecule has 1 aromatic heterocycles. The Balaban J connectivity index is 2.04. The van der Waals surface area contributed by atoms with Crippen molar-refractivity contribution in [2.45, 2.75) is 40.7 Å². The number of terminal acetylenes is 1. The van der Waals surface area contributed by atoms with Crippen molar-refractivity contribution in [3.63, 3.8) is 0 Å². The lowest BCUT2D eigenvalue weighted by Crippen LogP contribution is -2.17. The molecule has 4 heteroatoms. The standard InChI is InChI=1S/C22H22N2OS/c1-6-9-24-19-11-14(2)10-17(5)21(19)26-22(24)23-20(25)13-18-8-7-15(3)16(4)12-18/h1,7-8,10-12H,9,13H2,2-5H3. The van der Waals surface area contributed by atoms with E-state index in [-0.39, 0.29) is 5.91 Å². The van der Waals surface area contributed by atoms with E-state index >= 15 is 0 Å². The van der Waals surface area contributed by atoms with Gasteiger partial charge in [0.1, 0.15) is 0 Å². The lowest BCUT2D eigenvalue weighted by atomic mass is 10.0. The highest BCUT2D eigenvalue weighted by molar-refractivity contribution is 7.16. The molecular weight excluding hydrogens is 340 g/mol. The minimum absolute atomic E-state index is 0.153. The molecule has 0 radical (unpaired) electrons. The van der Waals surface area contributed by atoms with Crippen molar-refractivity contribution in [3.05, 3.63) is 63.0 Å². The van der Waals surface area contributed by atoms with Crippen molar-refractivity contribution in [3.8, 4) is 12.3 Å². The second-order valence-corrected chi connectivity index (χ2v) is 7.68. The molecule has 0 aliphatic carbocycles. The van der Waals surface area contributed by atoms with Gasteiger partial charge in [0.15, 0.2) is 4.80 Å². The van der Waals surface area contributed by atoms with Gasteiger partial charge in [-0.2, -0.15) is 4.99 Å². The molecule has 3 nitrogen and oxygen atoms in total. The molecule has 0 saturated heterocycles. The number of fused-ring (bicyclic) bond motifs is 1. The first-order valence-corrected chi connectivity index (χ1v) is 9.38. The van der Waals surface area contributed by atoms with Crippen LogP contribution in [0.5, 0.6) is 0 Å². The molecule has 3 rings (SSSR count). The SMILES string of the molecule is C#CCn1c(=NC(=O)Cc2ccc(C)c(C)c2)sc2c(C)cc(C)cc21. The van der Waals surface area contributed by atoms with E-state index in [1.807, 2.05) is 16.7 Å². The first-order valence-electron chi connectivity index (χ1n) is 8.57. The highest BCUT2D eigenvalue weighted by Crippen LogP contribution is 2.23. The van der Waals surface area contributed by atoms with Gasteiger partial charge in [-0.15, -0.1) is 6.42 Å². The molecule has 0 unspecified atom stereocenters. The molecule has 3 aromatic rings. The summed E-state index contributed by atoms with van der Waals surface area (Å²) in [6, 6.07) is 10.3. The number of carbonyl (C=O) groups excluding carboxylic acids is 1. The zero-order valence-corrected chi connectivity index (χ0v) is 16.4. The van der Waals surface area contributed by atoms with Crippen LogP contribution in [-0.4, -0.2) is 10.5 Å². The Morgan fingerprint density at radius 2 is 1.88 bits per heavy atom. The summed E-state index contributed by atoms with van der Waals surface area (Å²) in [4.78, 5) is 17.6. The number of nitrogens with zero attached hydrogens (tertiary/aromatic N) is 2. The molecule has 1 amide bonds. The summed E-state index contributed by atoms with van der Waals surface area (Å²) in [6.45, 7) is 8.66. The van der Waals surface area contributed by atoms with Gasteiger partial charge in [0.25, 0.3) is 5.91 Å². The molecule has 1 heterocycles. The molecule has 0 bridgehead atoms. The van der Waals surface area contributed by atoms with E-state index in [2.05, 4.69) is 56.8 Å². The van der Waals surface area contributed by atoms with Gasteiger partial charge in [0.2, 0.25) is 0 Å². The van der Waals surface area contributed by atoms with E-state index in [0.717, 1.165) is 15.8 Å². The van der Waals surface area contributed by atoms with E-state index < -0.39 is 0 Å². The first kappa shape index (κ1) is 18.2. The summed E-state index contributed by atoms with van der Waals surface area (Å²) in [5, 5.41) is 0. The highest BCUT2D eigenvalue weighted by Gasteiger charge is 2.10. The smallest absolute Gasteiger partial charge is 0.252 e. The summed E-state index contributed by atoms with van der Waals surface area (Å²) < 4.78 is 3.08. The fraction of sp³-hybridized carbons (Fsp3) is 0.273. The molecule has 26 heavy (non-hydrogen) atoms. The van der Waals surface area contributed by atoms with Gasteiger partial charge in [-0.3, -0.25) is 4.79 Å². The van der Waals surface area contributed by atoms with Crippen LogP contribution in [0, 0.1) is 40.0 Å². The Labute approximate surface area is 158 Å². The van der Waals surface area contributed by atoms with Crippen LogP contribution in [-0.2, 0) is 17.8 Å². The molecular formula is C22H22N2OS. The van der Waals surface area contributed by atoms with E-state index in [0.29, 0.717) is 17.8 Å². The van der Waals surface area contributed by atoms with Gasteiger partial charge in [0, 0.05) is 0 Å². The maximum Gasteiger partial charge on any atom is 0.252 e. The maximum atomic E-state index is 12.5. The Morgan fingerprint density at radius 3 is 2.58 bits per heavy atom. The number of aryl methyl sites for hydroxylation is 4. The molecule has 0 N–H and O–H groups in total. The number of thiazole rings is 1. The molecule has 0 spiro atoms. The number of hydrogen-bond donors (Lipinski definition) is 0. The predicted octanol–water partition coefficient (Wildman–Crippen LogP) is 4.24. The largest absolute Gasteiger partial charge is 0.305 e. The Hall–Kier alpha value is -2.64. The number of amides is 1. The third kappa shape index (κ3) is 3.63. The van der Waals surface area contributed by atoms with E-state index in [4.69, 9.17) is 6.42 Å². The van der Waals surface area contributed by atoms with Gasteiger partial charge in [-0.05, 0) is 61.6 Å². The van der Waals surface area contributed by atoms with Crippen LogP contribution in [0.2, 0.25) is 0 Å². The van der Waals surface area contributed by atoms with Crippen LogP contribution in [0.3, 0.4) is 0 Å². The number of hydrogen-bond acceptors (Lipinski definition) is 2. The molecule has 132 valence electrons. The van der Waals surface area contributed by atoms with Crippen molar-refractivity contribution in [1.29, 1.82) is 0 Å². The average molecular weight is 362 g/mol. The Kier molecular flexibility index (Phi) is 5.11. The van der Waals surface area contributed by atoms with Crippen LogP contribution < -0.4 is 4.80 Å². The van der Waals surface area contributed by atoms with Crippen molar-refractivity contribution in [2.24, 2.45) is 4.99 Å². The molecule has 0 saturated carbocycles. The summed E-state index contributed by atoms with van der Waals surface area (Å²) >= 11 is 1.52. The normalized spacial score (nSPS) is 11.7. The van der Waals surface area contributed by atoms with Gasteiger partial charge >= 0.3 is 0 Å². The lowest BCUT2D eigenvalue weighted by Gasteiger charge is -2.04. The summed E-state index contributed by atoms with van der Waals surface area (Å²) in [7, 11) is 0. The summed E-state index contributed by atoms with van der Waals surface area (Å²) in [6.07, 6.45) is 5.84. The monoisotopic (exact) mass is 362 g/mol. The minimum Gasteiger partial charge on any atom is -0.305 e. The zero-order chi connectivity index (χ0) is 18.8. The second kappa shape index (κ2) is 7.31. The zero-order valence-electron chi connectivity index (χ0n) is 15.6. The average Bonchev–Trinajstić information content (AvgIpc) is 2.89. The summed E-state index contributed by atoms with van der Waals surface area (Å²) in [5.74, 6) is 2.52. The van der Waals surface area contributed by atoms with Gasteiger partial charge in [-0.1, -0.05) is 41.5 Å². The number of aromatic nitrogens is 1. The summed E-state index contributed by atoms with van der Waals surface area (Å²) in [5.41, 5.74) is 6.79. The van der Waals surface area contributed by atoms with Crippen molar-refractivity contribution in [2.75, 3.05) is 0 Å². The third-order valence-electron chi connectivity index (χ3n) is 4.51. The lowest BCUT2D eigenvalue weighted by molar-refractivity contribution is -0.117. The van der Waals surface area contributed by atoms with Gasteiger partial charge in [-0.25, -0.2) is 0 Å². The third-order valence-corrected chi connectivity index (χ3v) is 5.74. The van der Waals surface area contributed by atoms with Crippen molar-refractivity contribution < 1.29 is 4.79 Å². The Bertz CT molecular complexity index is 1110. The van der Waals surface area contributed by atoms with E-state index in [1.165, 1.54) is 33.6 Å². The van der Waals surface area contributed by atoms with Crippen LogP contribution in [0.4, 0.5) is 0 Å². The van der Waals surface area contributed by atoms with E-state index in [1.54, 1.807) is 0 Å². The van der Waals surface area contributed by atoms with Crippen LogP contribution >= 0.6 is 11.3 Å². The highest BCUT2D eigenvalue weighted by atomic mass is 32.1. The van der Waals surface area contributed by atoms with Crippen molar-refractivity contribution in [1.82, 2.24) is 4.57 Å². The number of benzene rings is 2. The first-order chi connectivity index (χ1) is 12.4. The van der Waals surface area contributed by atoms with Gasteiger partial charge in [0.05, 0.1) is 23.2 Å². The Morgan fingerprint density at radius 1 is 1.12 bits per heavy atom.